The fourth-order valence-electron chi connectivity index (χ4n) is 1.82. The number of rotatable bonds is 1. The Bertz CT molecular complexity index is 1080. The molecule has 0 fully saturated rings. The van der Waals surface area contributed by atoms with Crippen LogP contribution in [0.3, 0.4) is 0 Å². The molecule has 30 heavy (non-hydrogen) atoms. The van der Waals surface area contributed by atoms with Crippen LogP contribution in [0.1, 0.15) is 32.9 Å². The predicted octanol–water partition coefficient (Wildman–Crippen LogP) is 6.35. The van der Waals surface area contributed by atoms with E-state index in [-0.39, 0.29) is 16.4 Å². The van der Waals surface area contributed by atoms with Gasteiger partial charge in [0, 0.05) is 18.6 Å². The lowest BCUT2D eigenvalue weighted by atomic mass is 10.3. The summed E-state index contributed by atoms with van der Waals surface area (Å²) in [6.45, 7) is 5.58. The van der Waals surface area contributed by atoms with E-state index < -0.39 is 5.97 Å². The summed E-state index contributed by atoms with van der Waals surface area (Å²) < 4.78 is 0. The Morgan fingerprint density at radius 2 is 1.30 bits per heavy atom. The van der Waals surface area contributed by atoms with Gasteiger partial charge in [0.15, 0.2) is 11.4 Å². The van der Waals surface area contributed by atoms with Gasteiger partial charge in [-0.1, -0.05) is 46.4 Å². The second-order valence-corrected chi connectivity index (χ2v) is 7.47. The summed E-state index contributed by atoms with van der Waals surface area (Å²) in [5.41, 5.74) is 3.01. The summed E-state index contributed by atoms with van der Waals surface area (Å²) in [5, 5.41) is 18.4. The van der Waals surface area contributed by atoms with Crippen molar-refractivity contribution in [2.24, 2.45) is 0 Å². The van der Waals surface area contributed by atoms with Gasteiger partial charge in [-0.25, -0.2) is 19.7 Å². The molecule has 0 unspecified atom stereocenters. The number of aryl methyl sites for hydroxylation is 3. The fraction of sp³-hybridized carbons (Fsp3) is 0.150. The summed E-state index contributed by atoms with van der Waals surface area (Å²) in [5.74, 6) is -1.10. The van der Waals surface area contributed by atoms with Gasteiger partial charge in [-0.3, -0.25) is 0 Å². The van der Waals surface area contributed by atoms with Crippen molar-refractivity contribution in [3.8, 4) is 6.07 Å². The number of hydrogen-bond acceptors (Lipinski definition) is 5. The Hall–Kier alpha value is -2.43. The van der Waals surface area contributed by atoms with Gasteiger partial charge in [-0.15, -0.1) is 0 Å². The first kappa shape index (κ1) is 25.6. The smallest absolute Gasteiger partial charge is 0.356 e. The lowest BCUT2D eigenvalue weighted by Crippen LogP contribution is -2.00. The summed E-state index contributed by atoms with van der Waals surface area (Å²) in [6.07, 6.45) is 4.76. The van der Waals surface area contributed by atoms with Crippen LogP contribution in [0.2, 0.25) is 20.2 Å². The van der Waals surface area contributed by atoms with Crippen LogP contribution < -0.4 is 0 Å². The number of aromatic carboxylic acids is 1. The van der Waals surface area contributed by atoms with Gasteiger partial charge in [0.05, 0.1) is 15.1 Å². The van der Waals surface area contributed by atoms with Crippen molar-refractivity contribution < 1.29 is 9.90 Å². The van der Waals surface area contributed by atoms with E-state index in [0.29, 0.717) is 15.2 Å². The molecule has 0 aromatic carbocycles. The van der Waals surface area contributed by atoms with E-state index >= 15 is 0 Å². The van der Waals surface area contributed by atoms with Gasteiger partial charge in [0.2, 0.25) is 0 Å². The first-order chi connectivity index (χ1) is 14.0. The first-order valence-electron chi connectivity index (χ1n) is 8.20. The molecule has 6 nitrogen and oxygen atoms in total. The molecule has 0 atom stereocenters. The van der Waals surface area contributed by atoms with Crippen molar-refractivity contribution in [3.63, 3.8) is 0 Å². The largest absolute Gasteiger partial charge is 0.476 e. The number of hydrogen-bond donors (Lipinski definition) is 1. The second-order valence-electron chi connectivity index (χ2n) is 5.89. The number of nitriles is 1. The zero-order chi connectivity index (χ0) is 22.8. The zero-order valence-corrected chi connectivity index (χ0v) is 19.1. The van der Waals surface area contributed by atoms with E-state index in [4.69, 9.17) is 56.8 Å². The quantitative estimate of drug-likeness (QED) is 0.403. The maximum absolute atomic E-state index is 10.4. The highest BCUT2D eigenvalue weighted by Crippen LogP contribution is 2.18. The van der Waals surface area contributed by atoms with Crippen LogP contribution in [-0.2, 0) is 0 Å². The molecule has 156 valence electrons. The zero-order valence-electron chi connectivity index (χ0n) is 16.1. The van der Waals surface area contributed by atoms with Crippen LogP contribution in [-0.4, -0.2) is 26.0 Å². The van der Waals surface area contributed by atoms with Gasteiger partial charge < -0.3 is 5.11 Å². The normalized spacial score (nSPS) is 9.40. The molecule has 0 aliphatic carbocycles. The Morgan fingerprint density at radius 3 is 1.70 bits per heavy atom. The molecule has 3 aromatic rings. The number of pyridine rings is 3. The van der Waals surface area contributed by atoms with Gasteiger partial charge >= 0.3 is 5.97 Å². The number of aromatic nitrogens is 3. The summed E-state index contributed by atoms with van der Waals surface area (Å²) in [4.78, 5) is 21.6. The summed E-state index contributed by atoms with van der Waals surface area (Å²) in [6, 6.07) is 6.94. The van der Waals surface area contributed by atoms with E-state index in [2.05, 4.69) is 15.0 Å². The minimum Gasteiger partial charge on any atom is -0.476 e. The third-order valence-corrected chi connectivity index (χ3v) is 4.46. The first-order valence-corrected chi connectivity index (χ1v) is 9.71. The monoisotopic (exact) mass is 484 g/mol. The van der Waals surface area contributed by atoms with Gasteiger partial charge in [0.25, 0.3) is 0 Å². The third kappa shape index (κ3) is 8.52. The number of carboxylic acids is 1. The molecule has 1 N–H and O–H groups in total. The number of halogens is 4. The Balaban J connectivity index is 0.000000226. The van der Waals surface area contributed by atoms with Crippen molar-refractivity contribution in [2.45, 2.75) is 20.8 Å². The number of nitrogens with zero attached hydrogens (tertiary/aromatic N) is 4. The SMILES string of the molecule is Cc1cnc(C#N)c(Cl)c1.Cc1cnc(C(=O)O)c(Cl)c1.Cc1cnc(Cl)c(Cl)c1. The molecule has 0 saturated heterocycles. The molecule has 0 aliphatic heterocycles. The lowest BCUT2D eigenvalue weighted by Gasteiger charge is -1.97. The second kappa shape index (κ2) is 12.3. The van der Waals surface area contributed by atoms with Crippen molar-refractivity contribution >= 4 is 52.4 Å². The standard InChI is InChI=1S/C7H5ClN2.C7H6ClNO2.C6H5Cl2N/c1-5-2-6(8)7(3-9)10-4-5;1-4-2-5(8)6(7(10)11)9-3-4;1-4-2-5(7)6(8)9-3-4/h2,4H,1H3;2-3H,1H3,(H,10,11);2-3H,1H3. The Morgan fingerprint density at radius 1 is 0.833 bits per heavy atom. The lowest BCUT2D eigenvalue weighted by molar-refractivity contribution is 0.0690. The summed E-state index contributed by atoms with van der Waals surface area (Å²) >= 11 is 22.4. The highest BCUT2D eigenvalue weighted by atomic mass is 35.5. The maximum atomic E-state index is 10.4. The Labute approximate surface area is 194 Å². The van der Waals surface area contributed by atoms with Crippen molar-refractivity contribution in [1.82, 2.24) is 15.0 Å². The van der Waals surface area contributed by atoms with Gasteiger partial charge in [-0.2, -0.15) is 5.26 Å². The van der Waals surface area contributed by atoms with Crippen LogP contribution in [0.5, 0.6) is 0 Å². The molecule has 0 amide bonds. The van der Waals surface area contributed by atoms with Crippen LogP contribution in [0.25, 0.3) is 0 Å². The number of carboxylic acid groups (broad SMARTS) is 1. The molecular formula is C20H16Cl4N4O2. The number of carbonyl (C=O) groups is 1. The van der Waals surface area contributed by atoms with E-state index in [9.17, 15) is 4.79 Å². The minimum absolute atomic E-state index is 0.0998. The highest BCUT2D eigenvalue weighted by molar-refractivity contribution is 6.41. The topological polar surface area (TPSA) is 99.8 Å². The molecule has 0 aliphatic rings. The van der Waals surface area contributed by atoms with E-state index in [1.807, 2.05) is 19.9 Å². The molecule has 0 radical (unpaired) electrons. The molecule has 0 saturated carbocycles. The third-order valence-electron chi connectivity index (χ3n) is 3.20. The van der Waals surface area contributed by atoms with E-state index in [1.165, 1.54) is 6.20 Å². The minimum atomic E-state index is -1.10. The predicted molar refractivity (Wildman–Crippen MR) is 119 cm³/mol. The van der Waals surface area contributed by atoms with Crippen LogP contribution >= 0.6 is 46.4 Å². The van der Waals surface area contributed by atoms with E-state index in [0.717, 1.165) is 16.7 Å². The van der Waals surface area contributed by atoms with Crippen LogP contribution in [0.4, 0.5) is 0 Å². The maximum Gasteiger partial charge on any atom is 0.356 e. The molecule has 3 aromatic heterocycles. The molecule has 3 rings (SSSR count). The molecule has 0 bridgehead atoms. The van der Waals surface area contributed by atoms with Crippen LogP contribution in [0, 0.1) is 32.1 Å². The van der Waals surface area contributed by atoms with Crippen molar-refractivity contribution in [2.75, 3.05) is 0 Å². The average molecular weight is 486 g/mol. The van der Waals surface area contributed by atoms with Crippen molar-refractivity contribution in [1.29, 1.82) is 5.26 Å². The highest BCUT2D eigenvalue weighted by Gasteiger charge is 2.08. The fourth-order valence-corrected chi connectivity index (χ4v) is 2.71. The van der Waals surface area contributed by atoms with Crippen LogP contribution in [0.15, 0.2) is 36.8 Å². The molecular weight excluding hydrogens is 470 g/mol. The van der Waals surface area contributed by atoms with Gasteiger partial charge in [0.1, 0.15) is 11.2 Å². The summed E-state index contributed by atoms with van der Waals surface area (Å²) in [7, 11) is 0. The molecule has 10 heteroatoms. The van der Waals surface area contributed by atoms with Crippen molar-refractivity contribution in [3.05, 3.63) is 85.1 Å². The molecule has 3 heterocycles. The Kier molecular flexibility index (Phi) is 10.5. The average Bonchev–Trinajstić information content (AvgIpc) is 2.66. The molecule has 0 spiro atoms. The van der Waals surface area contributed by atoms with E-state index in [1.54, 1.807) is 37.5 Å². The van der Waals surface area contributed by atoms with Gasteiger partial charge in [-0.05, 0) is 55.7 Å².